The molecule has 0 spiro atoms. The summed E-state index contributed by atoms with van der Waals surface area (Å²) in [5.74, 6) is -0.798. The van der Waals surface area contributed by atoms with Crippen LogP contribution in [0.3, 0.4) is 0 Å². The highest BCUT2D eigenvalue weighted by atomic mass is 32.2. The highest BCUT2D eigenvalue weighted by Crippen LogP contribution is 2.53. The predicted octanol–water partition coefficient (Wildman–Crippen LogP) is 3.20. The Kier molecular flexibility index (Phi) is 7.42. The minimum atomic E-state index is -1.55. The van der Waals surface area contributed by atoms with E-state index in [0.717, 1.165) is 31.2 Å². The maximum absolute atomic E-state index is 13.7. The van der Waals surface area contributed by atoms with E-state index in [1.807, 2.05) is 42.2 Å². The fourth-order valence-corrected chi connectivity index (χ4v) is 7.57. The second-order valence-electron chi connectivity index (χ2n) is 10.7. The Bertz CT molecular complexity index is 1220. The van der Waals surface area contributed by atoms with Crippen molar-refractivity contribution in [2.75, 3.05) is 5.88 Å². The van der Waals surface area contributed by atoms with Gasteiger partial charge in [-0.2, -0.15) is 0 Å². The molecule has 8 nitrogen and oxygen atoms in total. The summed E-state index contributed by atoms with van der Waals surface area (Å²) in [6.07, 6.45) is 4.08. The van der Waals surface area contributed by atoms with Crippen molar-refractivity contribution in [3.63, 3.8) is 0 Å². The van der Waals surface area contributed by atoms with Crippen LogP contribution in [0, 0.1) is 6.92 Å². The average Bonchev–Trinajstić information content (AvgIpc) is 3.22. The quantitative estimate of drug-likeness (QED) is 0.468. The number of fused-ring (bicyclic) bond motifs is 1. The number of rotatable bonds is 7. The van der Waals surface area contributed by atoms with Gasteiger partial charge in [-0.05, 0) is 50.8 Å². The number of carbonyl (C=O) groups excluding carboxylic acids is 3. The van der Waals surface area contributed by atoms with Crippen LogP contribution in [0.5, 0.6) is 5.75 Å². The first kappa shape index (κ1) is 26.6. The Hall–Kier alpha value is -3.04. The number of phenolic OH excluding ortho intramolecular Hbond substituents is 1. The molecule has 3 amide bonds. The summed E-state index contributed by atoms with van der Waals surface area (Å²) in [4.78, 5) is 43.2. The van der Waals surface area contributed by atoms with Crippen LogP contribution < -0.4 is 5.32 Å². The Balaban J connectivity index is 1.35. The molecule has 2 aromatic carbocycles. The van der Waals surface area contributed by atoms with E-state index in [1.54, 1.807) is 30.8 Å². The number of hydrogen-bond acceptors (Lipinski definition) is 6. The van der Waals surface area contributed by atoms with Crippen molar-refractivity contribution < 1.29 is 24.6 Å². The second-order valence-corrected chi connectivity index (χ2v) is 12.1. The monoisotopic (exact) mass is 537 g/mol. The first-order valence-electron chi connectivity index (χ1n) is 13.3. The minimum Gasteiger partial charge on any atom is -0.508 e. The van der Waals surface area contributed by atoms with Gasteiger partial charge in [-0.1, -0.05) is 55.7 Å². The number of nitrogens with zero attached hydrogens (tertiary/aromatic N) is 2. The molecule has 1 unspecified atom stereocenters. The van der Waals surface area contributed by atoms with Crippen LogP contribution >= 0.6 is 11.8 Å². The van der Waals surface area contributed by atoms with Crippen LogP contribution in [0.15, 0.2) is 48.5 Å². The normalized spacial score (nSPS) is 24.9. The third-order valence-corrected chi connectivity index (χ3v) is 9.70. The van der Waals surface area contributed by atoms with E-state index in [0.29, 0.717) is 11.4 Å². The number of carbonyl (C=O) groups is 3. The summed E-state index contributed by atoms with van der Waals surface area (Å²) >= 11 is 1.57. The van der Waals surface area contributed by atoms with Gasteiger partial charge in [0.2, 0.25) is 5.91 Å². The van der Waals surface area contributed by atoms with E-state index in [4.69, 9.17) is 0 Å². The maximum Gasteiger partial charge on any atom is 0.255 e. The van der Waals surface area contributed by atoms with Crippen LogP contribution in [-0.4, -0.2) is 72.7 Å². The Morgan fingerprint density at radius 2 is 1.82 bits per heavy atom. The van der Waals surface area contributed by atoms with Crippen LogP contribution in [-0.2, 0) is 16.0 Å². The number of likely N-dealkylation sites (tertiary alicyclic amines) is 1. The zero-order valence-corrected chi connectivity index (χ0v) is 22.6. The van der Waals surface area contributed by atoms with Gasteiger partial charge in [0.05, 0.1) is 11.9 Å². The first-order chi connectivity index (χ1) is 18.2. The van der Waals surface area contributed by atoms with Gasteiger partial charge in [0.25, 0.3) is 11.8 Å². The van der Waals surface area contributed by atoms with Gasteiger partial charge in [-0.25, -0.2) is 0 Å². The molecule has 2 aromatic rings. The Morgan fingerprint density at radius 1 is 1.11 bits per heavy atom. The lowest BCUT2D eigenvalue weighted by Crippen LogP contribution is -2.76. The molecular weight excluding hydrogens is 502 g/mol. The third-order valence-electron chi connectivity index (χ3n) is 8.29. The van der Waals surface area contributed by atoms with E-state index >= 15 is 0 Å². The zero-order valence-electron chi connectivity index (χ0n) is 21.8. The molecule has 9 heteroatoms. The van der Waals surface area contributed by atoms with Crippen molar-refractivity contribution in [1.82, 2.24) is 15.1 Å². The molecule has 2 aliphatic heterocycles. The van der Waals surface area contributed by atoms with E-state index in [1.165, 1.54) is 17.4 Å². The smallest absolute Gasteiger partial charge is 0.255 e. The van der Waals surface area contributed by atoms with Gasteiger partial charge in [0, 0.05) is 17.2 Å². The Morgan fingerprint density at radius 3 is 2.53 bits per heavy atom. The molecule has 0 bridgehead atoms. The lowest BCUT2D eigenvalue weighted by Gasteiger charge is -2.56. The summed E-state index contributed by atoms with van der Waals surface area (Å²) in [6, 6.07) is 12.7. The fourth-order valence-electron chi connectivity index (χ4n) is 6.13. The molecule has 3 N–H and O–H groups in total. The summed E-state index contributed by atoms with van der Waals surface area (Å²) in [7, 11) is 0. The molecular formula is C29H35N3O5S. The zero-order chi connectivity index (χ0) is 27.0. The van der Waals surface area contributed by atoms with Crippen molar-refractivity contribution in [3.05, 3.63) is 65.2 Å². The molecule has 2 heterocycles. The summed E-state index contributed by atoms with van der Waals surface area (Å²) in [5.41, 5.74) is 1.53. The molecule has 0 aromatic heterocycles. The number of aliphatic hydroxyl groups is 1. The van der Waals surface area contributed by atoms with Gasteiger partial charge in [-0.15, -0.1) is 11.8 Å². The molecule has 1 aliphatic carbocycles. The fraction of sp³-hybridized carbons (Fsp3) is 0.483. The number of hydrogen-bond donors (Lipinski definition) is 3. The van der Waals surface area contributed by atoms with Crippen LogP contribution in [0.2, 0.25) is 0 Å². The number of aromatic hydroxyl groups is 1. The van der Waals surface area contributed by atoms with E-state index < -0.39 is 34.9 Å². The summed E-state index contributed by atoms with van der Waals surface area (Å²) in [5, 5.41) is 24.2. The molecule has 4 atom stereocenters. The molecule has 3 fully saturated rings. The van der Waals surface area contributed by atoms with E-state index in [2.05, 4.69) is 5.32 Å². The number of amides is 3. The van der Waals surface area contributed by atoms with Crippen LogP contribution in [0.4, 0.5) is 0 Å². The number of nitrogens with one attached hydrogen (secondary N) is 1. The largest absolute Gasteiger partial charge is 0.508 e. The van der Waals surface area contributed by atoms with Crippen molar-refractivity contribution in [2.45, 2.75) is 81.5 Å². The lowest BCUT2D eigenvalue weighted by molar-refractivity contribution is -0.172. The molecule has 2 saturated heterocycles. The van der Waals surface area contributed by atoms with Gasteiger partial charge in [0.1, 0.15) is 16.7 Å². The highest BCUT2D eigenvalue weighted by Gasteiger charge is 2.66. The predicted molar refractivity (Wildman–Crippen MR) is 145 cm³/mol. The van der Waals surface area contributed by atoms with Gasteiger partial charge in [0.15, 0.2) is 6.10 Å². The summed E-state index contributed by atoms with van der Waals surface area (Å²) in [6.45, 7) is 3.66. The number of phenols is 1. The third kappa shape index (κ3) is 4.66. The summed E-state index contributed by atoms with van der Waals surface area (Å²) < 4.78 is 0. The van der Waals surface area contributed by atoms with E-state index in [9.17, 15) is 24.6 Å². The van der Waals surface area contributed by atoms with Gasteiger partial charge < -0.3 is 25.3 Å². The molecule has 0 radical (unpaired) electrons. The van der Waals surface area contributed by atoms with Crippen molar-refractivity contribution in [2.24, 2.45) is 0 Å². The molecule has 202 valence electrons. The SMILES string of the molecule is Cc1c(O)cccc1C(=O)N[C@@H](Cc1ccccc1)[C@H](O)C(=O)N1CSC2(C)[C@H]1C(=O)N2C1CCCCC1. The maximum atomic E-state index is 13.7. The molecule has 38 heavy (non-hydrogen) atoms. The van der Waals surface area contributed by atoms with Gasteiger partial charge >= 0.3 is 0 Å². The minimum absolute atomic E-state index is 0.00622. The van der Waals surface area contributed by atoms with E-state index in [-0.39, 0.29) is 29.7 Å². The molecule has 5 rings (SSSR count). The van der Waals surface area contributed by atoms with Crippen molar-refractivity contribution >= 4 is 29.5 Å². The average molecular weight is 538 g/mol. The highest BCUT2D eigenvalue weighted by molar-refractivity contribution is 8.01. The van der Waals surface area contributed by atoms with Crippen molar-refractivity contribution in [1.29, 1.82) is 0 Å². The van der Waals surface area contributed by atoms with Crippen LogP contribution in [0.1, 0.15) is 60.5 Å². The lowest BCUT2D eigenvalue weighted by atomic mass is 9.85. The van der Waals surface area contributed by atoms with Crippen molar-refractivity contribution in [3.8, 4) is 5.75 Å². The van der Waals surface area contributed by atoms with Gasteiger partial charge in [-0.3, -0.25) is 14.4 Å². The number of aliphatic hydroxyl groups excluding tert-OH is 1. The topological polar surface area (TPSA) is 110 Å². The standard InChI is InChI=1S/C29H35N3O5S/c1-18-21(14-9-15-23(18)33)26(35)30-22(16-19-10-5-3-6-11-19)24(34)27(36)31-17-38-29(2)25(31)28(37)32(29)20-12-7-4-8-13-20/h3,5-6,9-11,14-15,20,22,24-25,33-34H,4,7-8,12-13,16-17H2,1-2H3,(H,30,35)/t22-,24-,25+,29?/m0/s1. The first-order valence-corrected chi connectivity index (χ1v) is 14.3. The number of β-lactam (4-membered cyclic amide) rings is 1. The Labute approximate surface area is 227 Å². The number of benzene rings is 2. The van der Waals surface area contributed by atoms with Crippen LogP contribution in [0.25, 0.3) is 0 Å². The molecule has 3 aliphatic rings. The molecule has 1 saturated carbocycles. The second kappa shape index (κ2) is 10.6. The number of thioether (sulfide) groups is 1.